The highest BCUT2D eigenvalue weighted by Gasteiger charge is 2.51. The van der Waals surface area contributed by atoms with Crippen molar-refractivity contribution in [2.24, 2.45) is 23.7 Å². The Labute approximate surface area is 132 Å². The predicted octanol–water partition coefficient (Wildman–Crippen LogP) is 3.37. The first-order chi connectivity index (χ1) is 10.7. The lowest BCUT2D eigenvalue weighted by Gasteiger charge is -2.35. The minimum atomic E-state index is -0.237. The molecular formula is C18H26N2O2. The third-order valence-corrected chi connectivity index (χ3v) is 5.77. The van der Waals surface area contributed by atoms with Gasteiger partial charge in [-0.3, -0.25) is 4.79 Å². The van der Waals surface area contributed by atoms with Crippen LogP contribution in [-0.2, 0) is 0 Å². The van der Waals surface area contributed by atoms with E-state index >= 15 is 0 Å². The van der Waals surface area contributed by atoms with Crippen LogP contribution in [0.3, 0.4) is 0 Å². The molecule has 2 N–H and O–H groups in total. The molecule has 2 saturated carbocycles. The van der Waals surface area contributed by atoms with Gasteiger partial charge in [-0.05, 0) is 48.6 Å². The fraction of sp³-hybridized carbons (Fsp3) is 0.667. The minimum absolute atomic E-state index is 0.0419. The summed E-state index contributed by atoms with van der Waals surface area (Å²) in [5, 5.41) is 12.9. The van der Waals surface area contributed by atoms with E-state index in [9.17, 15) is 9.90 Å². The van der Waals surface area contributed by atoms with E-state index in [4.69, 9.17) is 0 Å². The van der Waals surface area contributed by atoms with Gasteiger partial charge in [0, 0.05) is 12.2 Å². The summed E-state index contributed by atoms with van der Waals surface area (Å²) < 4.78 is 0. The van der Waals surface area contributed by atoms with Gasteiger partial charge >= 0.3 is 0 Å². The molecule has 1 heterocycles. The molecule has 4 nitrogen and oxygen atoms in total. The Hall–Kier alpha value is -1.58. The van der Waals surface area contributed by atoms with Gasteiger partial charge < -0.3 is 10.4 Å². The van der Waals surface area contributed by atoms with E-state index in [0.29, 0.717) is 5.92 Å². The van der Waals surface area contributed by atoms with Gasteiger partial charge in [-0.2, -0.15) is 0 Å². The largest absolute Gasteiger partial charge is 0.505 e. The first-order valence-electron chi connectivity index (χ1n) is 8.60. The molecule has 5 atom stereocenters. The summed E-state index contributed by atoms with van der Waals surface area (Å²) >= 11 is 0. The number of aromatic nitrogens is 1. The summed E-state index contributed by atoms with van der Waals surface area (Å²) in [6.45, 7) is 4.55. The molecule has 0 radical (unpaired) electrons. The molecule has 2 bridgehead atoms. The van der Waals surface area contributed by atoms with Gasteiger partial charge in [0.25, 0.3) is 5.91 Å². The number of nitrogens with one attached hydrogen (secondary N) is 1. The van der Waals surface area contributed by atoms with Crippen LogP contribution in [0.15, 0.2) is 18.3 Å². The summed E-state index contributed by atoms with van der Waals surface area (Å²) in [5.41, 5.74) is 0.143. The lowest BCUT2D eigenvalue weighted by atomic mass is 9.73. The number of amides is 1. The second-order valence-corrected chi connectivity index (χ2v) is 6.87. The van der Waals surface area contributed by atoms with Crippen LogP contribution >= 0.6 is 0 Å². The molecule has 1 aromatic heterocycles. The number of hydrogen-bond donors (Lipinski definition) is 2. The van der Waals surface area contributed by atoms with Crippen LogP contribution in [-0.4, -0.2) is 22.0 Å². The average molecular weight is 302 g/mol. The Bertz CT molecular complexity index is 546. The second kappa shape index (κ2) is 6.27. The molecule has 22 heavy (non-hydrogen) atoms. The van der Waals surface area contributed by atoms with Gasteiger partial charge in [-0.25, -0.2) is 4.98 Å². The number of pyridine rings is 1. The van der Waals surface area contributed by atoms with E-state index in [-0.39, 0.29) is 23.4 Å². The maximum absolute atomic E-state index is 12.4. The van der Waals surface area contributed by atoms with E-state index in [1.165, 1.54) is 31.7 Å². The number of rotatable bonds is 5. The topological polar surface area (TPSA) is 62.2 Å². The zero-order valence-electron chi connectivity index (χ0n) is 13.5. The number of hydrogen-bond acceptors (Lipinski definition) is 3. The molecule has 4 heteroatoms. The smallest absolute Gasteiger partial charge is 0.273 e. The van der Waals surface area contributed by atoms with E-state index in [0.717, 1.165) is 24.2 Å². The first-order valence-corrected chi connectivity index (χ1v) is 8.60. The number of carbonyl (C=O) groups excluding carboxylic acids is 1. The molecular weight excluding hydrogens is 276 g/mol. The third kappa shape index (κ3) is 2.59. The molecule has 0 saturated heterocycles. The summed E-state index contributed by atoms with van der Waals surface area (Å²) in [6.07, 6.45) is 7.62. The van der Waals surface area contributed by atoms with Crippen LogP contribution < -0.4 is 5.32 Å². The zero-order valence-corrected chi connectivity index (χ0v) is 13.5. The van der Waals surface area contributed by atoms with Crippen molar-refractivity contribution < 1.29 is 9.90 Å². The van der Waals surface area contributed by atoms with E-state index in [1.54, 1.807) is 12.3 Å². The molecule has 0 aromatic carbocycles. The van der Waals surface area contributed by atoms with Crippen molar-refractivity contribution >= 4 is 5.91 Å². The molecule has 1 amide bonds. The third-order valence-electron chi connectivity index (χ3n) is 5.77. The summed E-state index contributed by atoms with van der Waals surface area (Å²) in [5.74, 6) is 2.66. The molecule has 120 valence electrons. The molecule has 2 fully saturated rings. The van der Waals surface area contributed by atoms with Gasteiger partial charge in [-0.1, -0.05) is 33.1 Å². The van der Waals surface area contributed by atoms with Gasteiger partial charge in [-0.15, -0.1) is 0 Å². The summed E-state index contributed by atoms with van der Waals surface area (Å²) in [4.78, 5) is 16.4. The van der Waals surface area contributed by atoms with Crippen molar-refractivity contribution in [2.75, 3.05) is 0 Å². The van der Waals surface area contributed by atoms with Crippen molar-refractivity contribution in [1.29, 1.82) is 0 Å². The Morgan fingerprint density at radius 3 is 2.86 bits per heavy atom. The maximum Gasteiger partial charge on any atom is 0.273 e. The monoisotopic (exact) mass is 302 g/mol. The van der Waals surface area contributed by atoms with Gasteiger partial charge in [0.2, 0.25) is 0 Å². The molecule has 3 rings (SSSR count). The van der Waals surface area contributed by atoms with E-state index in [1.807, 2.05) is 0 Å². The zero-order chi connectivity index (χ0) is 15.7. The van der Waals surface area contributed by atoms with Crippen molar-refractivity contribution in [3.63, 3.8) is 0 Å². The van der Waals surface area contributed by atoms with Gasteiger partial charge in [0.05, 0.1) is 0 Å². The Morgan fingerprint density at radius 1 is 1.36 bits per heavy atom. The minimum Gasteiger partial charge on any atom is -0.505 e. The van der Waals surface area contributed by atoms with Crippen LogP contribution in [0.25, 0.3) is 0 Å². The van der Waals surface area contributed by atoms with Crippen LogP contribution in [0.5, 0.6) is 5.75 Å². The van der Waals surface area contributed by atoms with Crippen molar-refractivity contribution in [2.45, 2.75) is 52.0 Å². The van der Waals surface area contributed by atoms with Crippen molar-refractivity contribution in [3.8, 4) is 5.75 Å². The van der Waals surface area contributed by atoms with E-state index in [2.05, 4.69) is 24.1 Å². The summed E-state index contributed by atoms with van der Waals surface area (Å²) in [6, 6.07) is 3.39. The standard InChI is InChI=1S/C18H26N2O2/c1-3-6-13-12(4-2)11-9-14(13)15(10-11)20-18(22)17-16(21)7-5-8-19-17/h5,7-8,11-15,21H,3-4,6,9-10H2,1-2H3,(H,20,22)/t11?,12-,13-,14?,15+/m1/s1. The number of nitrogens with zero attached hydrogens (tertiary/aromatic N) is 1. The average Bonchev–Trinajstić information content (AvgIpc) is 3.05. The van der Waals surface area contributed by atoms with Crippen molar-refractivity contribution in [1.82, 2.24) is 10.3 Å². The summed E-state index contributed by atoms with van der Waals surface area (Å²) in [7, 11) is 0. The first kappa shape index (κ1) is 15.3. The highest BCUT2D eigenvalue weighted by atomic mass is 16.3. The Morgan fingerprint density at radius 2 is 2.18 bits per heavy atom. The van der Waals surface area contributed by atoms with Crippen LogP contribution in [0, 0.1) is 23.7 Å². The van der Waals surface area contributed by atoms with Crippen LogP contribution in [0.2, 0.25) is 0 Å². The lowest BCUT2D eigenvalue weighted by Crippen LogP contribution is -2.43. The van der Waals surface area contributed by atoms with Crippen molar-refractivity contribution in [3.05, 3.63) is 24.0 Å². The predicted molar refractivity (Wildman–Crippen MR) is 85.5 cm³/mol. The Kier molecular flexibility index (Phi) is 4.37. The van der Waals surface area contributed by atoms with Gasteiger partial charge in [0.1, 0.15) is 5.75 Å². The molecule has 2 aliphatic carbocycles. The van der Waals surface area contributed by atoms with Crippen LogP contribution in [0.4, 0.5) is 0 Å². The molecule has 1 aromatic rings. The highest BCUT2D eigenvalue weighted by Crippen LogP contribution is 2.55. The molecule has 2 unspecified atom stereocenters. The fourth-order valence-corrected chi connectivity index (χ4v) is 4.97. The molecule has 0 aliphatic heterocycles. The van der Waals surface area contributed by atoms with Gasteiger partial charge in [0.15, 0.2) is 5.69 Å². The number of carbonyl (C=O) groups is 1. The number of aromatic hydroxyl groups is 1. The SMILES string of the molecule is CCC[C@H]1C2CC(C[C@@H]2NC(=O)c2ncccc2O)[C@H]1CC. The van der Waals surface area contributed by atoms with E-state index < -0.39 is 0 Å². The number of fused-ring (bicyclic) bond motifs is 2. The quantitative estimate of drug-likeness (QED) is 0.876. The second-order valence-electron chi connectivity index (χ2n) is 6.87. The fourth-order valence-electron chi connectivity index (χ4n) is 4.97. The Balaban J connectivity index is 1.70. The normalized spacial score (nSPS) is 33.1. The lowest BCUT2D eigenvalue weighted by molar-refractivity contribution is 0.0876. The highest BCUT2D eigenvalue weighted by molar-refractivity contribution is 5.94. The maximum atomic E-state index is 12.4. The molecule has 0 spiro atoms. The van der Waals surface area contributed by atoms with Crippen LogP contribution in [0.1, 0.15) is 56.4 Å². The molecule has 2 aliphatic rings.